The summed E-state index contributed by atoms with van der Waals surface area (Å²) in [5, 5.41) is 4.44. The van der Waals surface area contributed by atoms with Gasteiger partial charge in [-0.25, -0.2) is 0 Å². The fraction of sp³-hybridized carbons (Fsp3) is 0.833. The Morgan fingerprint density at radius 1 is 1.57 bits per heavy atom. The van der Waals surface area contributed by atoms with E-state index in [2.05, 4.69) is 35.8 Å². The van der Waals surface area contributed by atoms with E-state index >= 15 is 0 Å². The number of rotatable bonds is 5. The standard InChI is InChI=1S/C12H21NS/c1-3-5-6-8-11(13-4-2)12-9-7-10-14-12/h11-13H,4,6-10H2,1-2H3. The zero-order chi connectivity index (χ0) is 10.2. The molecule has 0 aliphatic carbocycles. The fourth-order valence-corrected chi connectivity index (χ4v) is 3.39. The van der Waals surface area contributed by atoms with Crippen molar-refractivity contribution in [3.8, 4) is 11.8 Å². The molecule has 1 nitrogen and oxygen atoms in total. The topological polar surface area (TPSA) is 12.0 Å². The normalized spacial score (nSPS) is 22.9. The second-order valence-corrected chi connectivity index (χ2v) is 5.03. The average molecular weight is 211 g/mol. The highest BCUT2D eigenvalue weighted by atomic mass is 32.2. The van der Waals surface area contributed by atoms with E-state index in [0.29, 0.717) is 6.04 Å². The number of hydrogen-bond acceptors (Lipinski definition) is 2. The second kappa shape index (κ2) is 7.20. The molecule has 1 aliphatic rings. The molecule has 80 valence electrons. The monoisotopic (exact) mass is 211 g/mol. The first kappa shape index (κ1) is 11.9. The van der Waals surface area contributed by atoms with Crippen molar-refractivity contribution in [3.05, 3.63) is 0 Å². The van der Waals surface area contributed by atoms with Gasteiger partial charge in [-0.1, -0.05) is 6.92 Å². The molecular weight excluding hydrogens is 190 g/mol. The van der Waals surface area contributed by atoms with Gasteiger partial charge in [0.1, 0.15) is 0 Å². The summed E-state index contributed by atoms with van der Waals surface area (Å²) in [6, 6.07) is 0.688. The van der Waals surface area contributed by atoms with Gasteiger partial charge >= 0.3 is 0 Å². The average Bonchev–Trinajstić information content (AvgIpc) is 2.70. The molecule has 0 aromatic rings. The lowest BCUT2D eigenvalue weighted by molar-refractivity contribution is 0.474. The van der Waals surface area contributed by atoms with Crippen LogP contribution in [0, 0.1) is 11.8 Å². The van der Waals surface area contributed by atoms with Crippen molar-refractivity contribution in [2.75, 3.05) is 12.3 Å². The lowest BCUT2D eigenvalue weighted by atomic mass is 10.0. The first-order valence-electron chi connectivity index (χ1n) is 5.63. The Labute approximate surface area is 92.4 Å². The zero-order valence-corrected chi connectivity index (χ0v) is 10.1. The number of thioether (sulfide) groups is 1. The van der Waals surface area contributed by atoms with E-state index in [4.69, 9.17) is 0 Å². The van der Waals surface area contributed by atoms with Crippen LogP contribution in [0.4, 0.5) is 0 Å². The van der Waals surface area contributed by atoms with Crippen LogP contribution in [-0.4, -0.2) is 23.6 Å². The minimum atomic E-state index is 0.688. The van der Waals surface area contributed by atoms with Gasteiger partial charge in [0.2, 0.25) is 0 Å². The van der Waals surface area contributed by atoms with Crippen LogP contribution < -0.4 is 5.32 Å². The molecule has 0 aromatic carbocycles. The Hall–Kier alpha value is -0.130. The van der Waals surface area contributed by atoms with E-state index in [0.717, 1.165) is 18.2 Å². The molecule has 1 saturated heterocycles. The lowest BCUT2D eigenvalue weighted by Crippen LogP contribution is -2.36. The summed E-state index contributed by atoms with van der Waals surface area (Å²) >= 11 is 2.14. The molecule has 2 heteroatoms. The van der Waals surface area contributed by atoms with Gasteiger partial charge in [-0.3, -0.25) is 0 Å². The van der Waals surface area contributed by atoms with Crippen molar-refractivity contribution >= 4 is 11.8 Å². The Bertz CT molecular complexity index is 198. The molecule has 1 fully saturated rings. The Balaban J connectivity index is 2.31. The third kappa shape index (κ3) is 3.94. The van der Waals surface area contributed by atoms with E-state index in [1.807, 2.05) is 6.92 Å². The largest absolute Gasteiger partial charge is 0.313 e. The molecule has 14 heavy (non-hydrogen) atoms. The van der Waals surface area contributed by atoms with Crippen LogP contribution in [0.25, 0.3) is 0 Å². The SMILES string of the molecule is CC#CCCC(NCC)C1CCCS1. The van der Waals surface area contributed by atoms with Gasteiger partial charge in [-0.05, 0) is 38.5 Å². The van der Waals surface area contributed by atoms with E-state index in [1.54, 1.807) is 0 Å². The highest BCUT2D eigenvalue weighted by molar-refractivity contribution is 8.00. The van der Waals surface area contributed by atoms with E-state index in [1.165, 1.54) is 25.0 Å². The van der Waals surface area contributed by atoms with E-state index in [-0.39, 0.29) is 0 Å². The minimum Gasteiger partial charge on any atom is -0.313 e. The lowest BCUT2D eigenvalue weighted by Gasteiger charge is -2.22. The first-order valence-corrected chi connectivity index (χ1v) is 6.68. The molecule has 1 aliphatic heterocycles. The molecule has 0 spiro atoms. The van der Waals surface area contributed by atoms with Crippen LogP contribution >= 0.6 is 11.8 Å². The predicted octanol–water partition coefficient (Wildman–Crippen LogP) is 2.66. The highest BCUT2D eigenvalue weighted by Crippen LogP contribution is 2.30. The molecular formula is C12H21NS. The van der Waals surface area contributed by atoms with Gasteiger partial charge in [0.05, 0.1) is 0 Å². The summed E-state index contributed by atoms with van der Waals surface area (Å²) in [4.78, 5) is 0. The fourth-order valence-electron chi connectivity index (χ4n) is 1.95. The first-order chi connectivity index (χ1) is 6.88. The van der Waals surface area contributed by atoms with Gasteiger partial charge in [-0.2, -0.15) is 11.8 Å². The van der Waals surface area contributed by atoms with Crippen molar-refractivity contribution in [2.24, 2.45) is 0 Å². The second-order valence-electron chi connectivity index (χ2n) is 3.68. The van der Waals surface area contributed by atoms with Crippen LogP contribution in [0.1, 0.15) is 39.5 Å². The van der Waals surface area contributed by atoms with Crippen molar-refractivity contribution in [2.45, 2.75) is 50.8 Å². The molecule has 1 rings (SSSR count). The predicted molar refractivity (Wildman–Crippen MR) is 65.6 cm³/mol. The number of nitrogens with one attached hydrogen (secondary N) is 1. The molecule has 0 bridgehead atoms. The Morgan fingerprint density at radius 2 is 2.43 bits per heavy atom. The maximum atomic E-state index is 3.59. The summed E-state index contributed by atoms with van der Waals surface area (Å²) in [5.74, 6) is 7.49. The molecule has 1 N–H and O–H groups in total. The van der Waals surface area contributed by atoms with Crippen LogP contribution in [-0.2, 0) is 0 Å². The van der Waals surface area contributed by atoms with Crippen LogP contribution in [0.3, 0.4) is 0 Å². The Kier molecular flexibility index (Phi) is 6.14. The van der Waals surface area contributed by atoms with Crippen LogP contribution in [0.15, 0.2) is 0 Å². The number of hydrogen-bond donors (Lipinski definition) is 1. The van der Waals surface area contributed by atoms with Crippen molar-refractivity contribution in [1.82, 2.24) is 5.32 Å². The van der Waals surface area contributed by atoms with Gasteiger partial charge in [-0.15, -0.1) is 11.8 Å². The maximum Gasteiger partial charge on any atom is 0.0201 e. The van der Waals surface area contributed by atoms with E-state index in [9.17, 15) is 0 Å². The molecule has 0 saturated carbocycles. The van der Waals surface area contributed by atoms with Gasteiger partial charge < -0.3 is 5.32 Å². The third-order valence-electron chi connectivity index (χ3n) is 2.64. The molecule has 0 radical (unpaired) electrons. The minimum absolute atomic E-state index is 0.688. The van der Waals surface area contributed by atoms with Gasteiger partial charge in [0.25, 0.3) is 0 Å². The molecule has 2 atom stereocenters. The third-order valence-corrected chi connectivity index (χ3v) is 4.15. The Morgan fingerprint density at radius 3 is 3.00 bits per heavy atom. The maximum absolute atomic E-state index is 3.59. The highest BCUT2D eigenvalue weighted by Gasteiger charge is 2.24. The summed E-state index contributed by atoms with van der Waals surface area (Å²) in [7, 11) is 0. The van der Waals surface area contributed by atoms with E-state index < -0.39 is 0 Å². The van der Waals surface area contributed by atoms with Crippen LogP contribution in [0.5, 0.6) is 0 Å². The van der Waals surface area contributed by atoms with Crippen molar-refractivity contribution < 1.29 is 0 Å². The molecule has 0 amide bonds. The summed E-state index contributed by atoms with van der Waals surface area (Å²) < 4.78 is 0. The molecule has 2 unspecified atom stereocenters. The van der Waals surface area contributed by atoms with Crippen LogP contribution in [0.2, 0.25) is 0 Å². The quantitative estimate of drug-likeness (QED) is 0.702. The smallest absolute Gasteiger partial charge is 0.0201 e. The van der Waals surface area contributed by atoms with Gasteiger partial charge in [0, 0.05) is 17.7 Å². The molecule has 1 heterocycles. The van der Waals surface area contributed by atoms with Crippen molar-refractivity contribution in [1.29, 1.82) is 0 Å². The molecule has 0 aromatic heterocycles. The van der Waals surface area contributed by atoms with Crippen molar-refractivity contribution in [3.63, 3.8) is 0 Å². The summed E-state index contributed by atoms with van der Waals surface area (Å²) in [6.45, 7) is 5.20. The summed E-state index contributed by atoms with van der Waals surface area (Å²) in [5.41, 5.74) is 0. The zero-order valence-electron chi connectivity index (χ0n) is 9.31. The summed E-state index contributed by atoms with van der Waals surface area (Å²) in [6.07, 6.45) is 5.05. The van der Waals surface area contributed by atoms with Gasteiger partial charge in [0.15, 0.2) is 0 Å².